The second-order valence-electron chi connectivity index (χ2n) is 8.37. The van der Waals surface area contributed by atoms with Crippen LogP contribution in [0.3, 0.4) is 0 Å². The largest absolute Gasteiger partial charge is 0.308 e. The summed E-state index contributed by atoms with van der Waals surface area (Å²) < 4.78 is 2.39. The van der Waals surface area contributed by atoms with E-state index in [2.05, 4.69) is 144 Å². The van der Waals surface area contributed by atoms with Gasteiger partial charge < -0.3 is 9.47 Å². The zero-order valence-corrected chi connectivity index (χ0v) is 18.5. The van der Waals surface area contributed by atoms with Crippen molar-refractivity contribution >= 4 is 38.9 Å². The van der Waals surface area contributed by atoms with Crippen LogP contribution in [0, 0.1) is 6.92 Å². The summed E-state index contributed by atoms with van der Waals surface area (Å²) >= 11 is 0. The summed E-state index contributed by atoms with van der Waals surface area (Å²) in [6, 6.07) is 45.3. The number of anilines is 3. The fraction of sp³-hybridized carbons (Fsp3) is 0.0323. The Hall–Kier alpha value is -4.30. The highest BCUT2D eigenvalue weighted by Gasteiger charge is 2.20. The summed E-state index contributed by atoms with van der Waals surface area (Å²) in [6.45, 7) is 2.15. The number of hydrogen-bond acceptors (Lipinski definition) is 1. The average molecular weight is 425 g/mol. The van der Waals surface area contributed by atoms with Gasteiger partial charge >= 0.3 is 0 Å². The van der Waals surface area contributed by atoms with Crippen LogP contribution in [0.4, 0.5) is 17.1 Å². The molecule has 6 aromatic rings. The van der Waals surface area contributed by atoms with Gasteiger partial charge in [0.2, 0.25) is 0 Å². The Kier molecular flexibility index (Phi) is 4.70. The zero-order valence-electron chi connectivity index (χ0n) is 18.5. The standard InChI is InChI=1S/C31H24N2/c1-23-12-10-17-26(22-23)32(24-13-4-2-5-14-24)30-21-11-19-28-27-18-8-9-20-29(27)33(31(28)30)25-15-6-3-7-16-25/h2-22H,1H3. The van der Waals surface area contributed by atoms with Crippen molar-refractivity contribution < 1.29 is 0 Å². The van der Waals surface area contributed by atoms with Crippen LogP contribution >= 0.6 is 0 Å². The van der Waals surface area contributed by atoms with Gasteiger partial charge in [-0.15, -0.1) is 0 Å². The highest BCUT2D eigenvalue weighted by Crippen LogP contribution is 2.43. The van der Waals surface area contributed by atoms with E-state index in [1.54, 1.807) is 0 Å². The van der Waals surface area contributed by atoms with Gasteiger partial charge in [-0.3, -0.25) is 0 Å². The molecule has 0 saturated carbocycles. The van der Waals surface area contributed by atoms with Gasteiger partial charge in [-0.05, 0) is 61.0 Å². The van der Waals surface area contributed by atoms with Crippen LogP contribution in [0.1, 0.15) is 5.56 Å². The molecule has 0 bridgehead atoms. The van der Waals surface area contributed by atoms with Gasteiger partial charge in [0.05, 0.1) is 16.7 Å². The van der Waals surface area contributed by atoms with E-state index in [0.717, 1.165) is 22.7 Å². The molecule has 6 rings (SSSR count). The molecule has 0 amide bonds. The Labute approximate surface area is 194 Å². The molecule has 0 fully saturated rings. The first-order chi connectivity index (χ1) is 16.3. The smallest absolute Gasteiger partial charge is 0.0782 e. The highest BCUT2D eigenvalue weighted by molar-refractivity contribution is 6.14. The number of para-hydroxylation sites is 4. The number of rotatable bonds is 4. The van der Waals surface area contributed by atoms with E-state index < -0.39 is 0 Å². The summed E-state index contributed by atoms with van der Waals surface area (Å²) in [7, 11) is 0. The fourth-order valence-corrected chi connectivity index (χ4v) is 4.80. The Morgan fingerprint density at radius 1 is 0.545 bits per heavy atom. The first-order valence-corrected chi connectivity index (χ1v) is 11.3. The summed E-state index contributed by atoms with van der Waals surface area (Å²) in [5, 5.41) is 2.51. The summed E-state index contributed by atoms with van der Waals surface area (Å²) in [5.74, 6) is 0. The first kappa shape index (κ1) is 19.4. The third-order valence-electron chi connectivity index (χ3n) is 6.20. The minimum Gasteiger partial charge on any atom is -0.308 e. The van der Waals surface area contributed by atoms with Crippen LogP contribution in [0.5, 0.6) is 0 Å². The normalized spacial score (nSPS) is 11.2. The molecule has 33 heavy (non-hydrogen) atoms. The van der Waals surface area contributed by atoms with Crippen molar-refractivity contribution in [3.05, 3.63) is 133 Å². The van der Waals surface area contributed by atoms with Gasteiger partial charge in [-0.2, -0.15) is 0 Å². The molecule has 0 saturated heterocycles. The third kappa shape index (κ3) is 3.28. The van der Waals surface area contributed by atoms with Gasteiger partial charge in [-0.25, -0.2) is 0 Å². The molecule has 2 nitrogen and oxygen atoms in total. The summed E-state index contributed by atoms with van der Waals surface area (Å²) in [6.07, 6.45) is 0. The Bertz CT molecular complexity index is 1560. The Morgan fingerprint density at radius 2 is 1.18 bits per heavy atom. The minimum atomic E-state index is 1.14. The molecule has 0 aliphatic carbocycles. The lowest BCUT2D eigenvalue weighted by atomic mass is 10.1. The Balaban J connectivity index is 1.75. The summed E-state index contributed by atoms with van der Waals surface area (Å²) in [4.78, 5) is 2.37. The molecule has 5 aromatic carbocycles. The number of fused-ring (bicyclic) bond motifs is 3. The topological polar surface area (TPSA) is 8.17 Å². The highest BCUT2D eigenvalue weighted by atomic mass is 15.2. The predicted octanol–water partition coefficient (Wildman–Crippen LogP) is 8.56. The quantitative estimate of drug-likeness (QED) is 0.275. The fourth-order valence-electron chi connectivity index (χ4n) is 4.80. The molecule has 0 spiro atoms. The molecular formula is C31H24N2. The van der Waals surface area contributed by atoms with Crippen LogP contribution in [-0.2, 0) is 0 Å². The van der Waals surface area contributed by atoms with Crippen LogP contribution in [0.15, 0.2) is 127 Å². The lowest BCUT2D eigenvalue weighted by Gasteiger charge is -2.27. The molecule has 2 heteroatoms. The number of hydrogen-bond donors (Lipinski definition) is 0. The van der Waals surface area contributed by atoms with Crippen molar-refractivity contribution in [3.8, 4) is 5.69 Å². The molecule has 158 valence electrons. The average Bonchev–Trinajstić information content (AvgIpc) is 3.21. The lowest BCUT2D eigenvalue weighted by Crippen LogP contribution is -2.11. The van der Waals surface area contributed by atoms with Crippen molar-refractivity contribution in [2.45, 2.75) is 6.92 Å². The SMILES string of the molecule is Cc1cccc(N(c2ccccc2)c2cccc3c4ccccc4n(-c4ccccc4)c23)c1. The van der Waals surface area contributed by atoms with Gasteiger partial charge in [0.15, 0.2) is 0 Å². The second-order valence-corrected chi connectivity index (χ2v) is 8.37. The molecule has 0 aliphatic heterocycles. The number of aromatic nitrogens is 1. The lowest BCUT2D eigenvalue weighted by molar-refractivity contribution is 1.17. The van der Waals surface area contributed by atoms with E-state index in [1.165, 1.54) is 27.4 Å². The van der Waals surface area contributed by atoms with Crippen molar-refractivity contribution in [1.29, 1.82) is 0 Å². The van der Waals surface area contributed by atoms with E-state index in [1.807, 2.05) is 0 Å². The van der Waals surface area contributed by atoms with E-state index in [-0.39, 0.29) is 0 Å². The number of nitrogens with zero attached hydrogens (tertiary/aromatic N) is 2. The van der Waals surface area contributed by atoms with Crippen LogP contribution < -0.4 is 4.90 Å². The van der Waals surface area contributed by atoms with E-state index >= 15 is 0 Å². The van der Waals surface area contributed by atoms with Gasteiger partial charge in [-0.1, -0.05) is 78.9 Å². The first-order valence-electron chi connectivity index (χ1n) is 11.3. The predicted molar refractivity (Wildman–Crippen MR) is 140 cm³/mol. The van der Waals surface area contributed by atoms with E-state index in [0.29, 0.717) is 0 Å². The molecule has 0 radical (unpaired) electrons. The number of benzene rings is 5. The molecule has 0 aliphatic rings. The van der Waals surface area contributed by atoms with Crippen molar-refractivity contribution in [3.63, 3.8) is 0 Å². The molecule has 0 atom stereocenters. The number of aryl methyl sites for hydroxylation is 1. The van der Waals surface area contributed by atoms with Crippen molar-refractivity contribution in [2.24, 2.45) is 0 Å². The summed E-state index contributed by atoms with van der Waals surface area (Å²) in [5.41, 5.74) is 8.26. The van der Waals surface area contributed by atoms with Crippen molar-refractivity contribution in [1.82, 2.24) is 4.57 Å². The maximum Gasteiger partial charge on any atom is 0.0782 e. The van der Waals surface area contributed by atoms with Gasteiger partial charge in [0.25, 0.3) is 0 Å². The molecular weight excluding hydrogens is 400 g/mol. The van der Waals surface area contributed by atoms with Crippen LogP contribution in [0.25, 0.3) is 27.5 Å². The van der Waals surface area contributed by atoms with Gasteiger partial charge in [0.1, 0.15) is 0 Å². The second kappa shape index (κ2) is 7.99. The van der Waals surface area contributed by atoms with Crippen LogP contribution in [-0.4, -0.2) is 4.57 Å². The molecule has 0 N–H and O–H groups in total. The maximum atomic E-state index is 2.39. The maximum absolute atomic E-state index is 2.39. The molecule has 0 unspecified atom stereocenters. The zero-order chi connectivity index (χ0) is 22.2. The monoisotopic (exact) mass is 424 g/mol. The molecule has 1 heterocycles. The van der Waals surface area contributed by atoms with Crippen LogP contribution in [0.2, 0.25) is 0 Å². The molecule has 1 aromatic heterocycles. The van der Waals surface area contributed by atoms with Gasteiger partial charge in [0, 0.05) is 27.8 Å². The minimum absolute atomic E-state index is 1.14. The third-order valence-corrected chi connectivity index (χ3v) is 6.20. The van der Waals surface area contributed by atoms with E-state index in [9.17, 15) is 0 Å². The van der Waals surface area contributed by atoms with E-state index in [4.69, 9.17) is 0 Å². The van der Waals surface area contributed by atoms with Crippen molar-refractivity contribution in [2.75, 3.05) is 4.90 Å². The Morgan fingerprint density at radius 3 is 1.97 bits per heavy atom.